The Hall–Kier alpha value is -0.540. The second-order valence-electron chi connectivity index (χ2n) is 5.67. The van der Waals surface area contributed by atoms with E-state index in [2.05, 4.69) is 53.3 Å². The Balaban J connectivity index is 2.07. The van der Waals surface area contributed by atoms with Gasteiger partial charge in [-0.1, -0.05) is 49.0 Å². The lowest BCUT2D eigenvalue weighted by Crippen LogP contribution is -2.35. The van der Waals surface area contributed by atoms with Crippen LogP contribution in [0.25, 0.3) is 0 Å². The lowest BCUT2D eigenvalue weighted by atomic mass is 9.97. The maximum Gasteiger partial charge on any atom is 0.124 e. The van der Waals surface area contributed by atoms with Crippen LogP contribution in [0.3, 0.4) is 0 Å². The molecule has 0 aliphatic carbocycles. The summed E-state index contributed by atoms with van der Waals surface area (Å²) in [6, 6.07) is 7.41. The van der Waals surface area contributed by atoms with E-state index in [0.717, 1.165) is 23.2 Å². The molecular formula is C17H26BrNO. The minimum absolute atomic E-state index is 0.435. The number of rotatable bonds is 7. The summed E-state index contributed by atoms with van der Waals surface area (Å²) in [5.74, 6) is 1.04. The summed E-state index contributed by atoms with van der Waals surface area (Å²) < 4.78 is 6.90. The van der Waals surface area contributed by atoms with Gasteiger partial charge in [0, 0.05) is 28.5 Å². The van der Waals surface area contributed by atoms with Crippen molar-refractivity contribution >= 4 is 15.9 Å². The normalized spacial score (nSPS) is 19.2. The number of halogens is 1. The number of nitrogens with one attached hydrogen (secondary N) is 1. The number of hydrogen-bond donors (Lipinski definition) is 1. The molecule has 0 saturated heterocycles. The van der Waals surface area contributed by atoms with Crippen molar-refractivity contribution in [1.29, 1.82) is 0 Å². The zero-order valence-electron chi connectivity index (χ0n) is 12.6. The molecule has 0 saturated carbocycles. The highest BCUT2D eigenvalue weighted by Crippen LogP contribution is 2.34. The van der Waals surface area contributed by atoms with Crippen LogP contribution in [0.1, 0.15) is 64.0 Å². The third-order valence-electron chi connectivity index (χ3n) is 3.99. The first kappa shape index (κ1) is 15.8. The van der Waals surface area contributed by atoms with Crippen LogP contribution in [0, 0.1) is 0 Å². The van der Waals surface area contributed by atoms with Gasteiger partial charge in [-0.2, -0.15) is 0 Å². The smallest absolute Gasteiger partial charge is 0.124 e. The summed E-state index contributed by atoms with van der Waals surface area (Å²) in [6.07, 6.45) is 7.45. The standard InChI is InChI=1S/C17H26BrNO/c1-3-5-7-14(6-4-2)19-16-10-11-20-17-9-8-13(18)12-15(16)17/h8-9,12,14,16,19H,3-7,10-11H2,1-2H3. The van der Waals surface area contributed by atoms with Gasteiger partial charge in [0.15, 0.2) is 0 Å². The summed E-state index contributed by atoms with van der Waals surface area (Å²) in [4.78, 5) is 0. The zero-order valence-corrected chi connectivity index (χ0v) is 14.2. The van der Waals surface area contributed by atoms with Crippen molar-refractivity contribution in [3.05, 3.63) is 28.2 Å². The SMILES string of the molecule is CCCCC(CCC)NC1CCOc2ccc(Br)cc21. The van der Waals surface area contributed by atoms with Crippen molar-refractivity contribution in [3.63, 3.8) is 0 Å². The van der Waals surface area contributed by atoms with Gasteiger partial charge in [-0.15, -0.1) is 0 Å². The van der Waals surface area contributed by atoms with Gasteiger partial charge in [0.1, 0.15) is 5.75 Å². The molecule has 2 atom stereocenters. The van der Waals surface area contributed by atoms with E-state index in [0.29, 0.717) is 12.1 Å². The monoisotopic (exact) mass is 339 g/mol. The first-order chi connectivity index (χ1) is 9.74. The Morgan fingerprint density at radius 3 is 2.90 bits per heavy atom. The van der Waals surface area contributed by atoms with Gasteiger partial charge >= 0.3 is 0 Å². The van der Waals surface area contributed by atoms with Gasteiger partial charge in [0.25, 0.3) is 0 Å². The van der Waals surface area contributed by atoms with Gasteiger partial charge in [-0.25, -0.2) is 0 Å². The fourth-order valence-electron chi connectivity index (χ4n) is 2.93. The van der Waals surface area contributed by atoms with Crippen LogP contribution in [-0.4, -0.2) is 12.6 Å². The van der Waals surface area contributed by atoms with Crippen molar-refractivity contribution in [1.82, 2.24) is 5.32 Å². The second kappa shape index (κ2) is 8.04. The highest BCUT2D eigenvalue weighted by molar-refractivity contribution is 9.10. The van der Waals surface area contributed by atoms with Gasteiger partial charge < -0.3 is 10.1 Å². The van der Waals surface area contributed by atoms with Crippen molar-refractivity contribution in [3.8, 4) is 5.75 Å². The summed E-state index contributed by atoms with van der Waals surface area (Å²) >= 11 is 3.57. The van der Waals surface area contributed by atoms with Crippen LogP contribution in [0.2, 0.25) is 0 Å². The number of fused-ring (bicyclic) bond motifs is 1. The van der Waals surface area contributed by atoms with Crippen LogP contribution in [-0.2, 0) is 0 Å². The molecule has 20 heavy (non-hydrogen) atoms. The molecule has 1 aromatic rings. The molecule has 1 aliphatic rings. The fraction of sp³-hybridized carbons (Fsp3) is 0.647. The average molecular weight is 340 g/mol. The third-order valence-corrected chi connectivity index (χ3v) is 4.48. The molecule has 1 aromatic carbocycles. The van der Waals surface area contributed by atoms with E-state index >= 15 is 0 Å². The molecule has 3 heteroatoms. The predicted molar refractivity (Wildman–Crippen MR) is 88.4 cm³/mol. The number of hydrogen-bond acceptors (Lipinski definition) is 2. The molecule has 1 N–H and O–H groups in total. The molecule has 1 aliphatic heterocycles. The van der Waals surface area contributed by atoms with E-state index in [1.165, 1.54) is 37.7 Å². The number of benzene rings is 1. The molecule has 2 nitrogen and oxygen atoms in total. The number of ether oxygens (including phenoxy) is 1. The first-order valence-electron chi connectivity index (χ1n) is 7.92. The first-order valence-corrected chi connectivity index (χ1v) is 8.72. The summed E-state index contributed by atoms with van der Waals surface area (Å²) in [5, 5.41) is 3.87. The molecule has 0 fully saturated rings. The van der Waals surface area contributed by atoms with Crippen LogP contribution in [0.15, 0.2) is 22.7 Å². The quantitative estimate of drug-likeness (QED) is 0.735. The van der Waals surface area contributed by atoms with Crippen molar-refractivity contribution in [2.75, 3.05) is 6.61 Å². The Labute approximate surface area is 131 Å². The highest BCUT2D eigenvalue weighted by Gasteiger charge is 2.23. The highest BCUT2D eigenvalue weighted by atomic mass is 79.9. The molecule has 0 bridgehead atoms. The van der Waals surface area contributed by atoms with E-state index in [1.54, 1.807) is 0 Å². The van der Waals surface area contributed by atoms with Gasteiger partial charge in [0.05, 0.1) is 6.61 Å². The van der Waals surface area contributed by atoms with E-state index in [-0.39, 0.29) is 0 Å². The molecule has 0 spiro atoms. The van der Waals surface area contributed by atoms with E-state index < -0.39 is 0 Å². The minimum Gasteiger partial charge on any atom is -0.493 e. The molecule has 1 heterocycles. The largest absolute Gasteiger partial charge is 0.493 e. The fourth-order valence-corrected chi connectivity index (χ4v) is 3.31. The Morgan fingerprint density at radius 1 is 1.30 bits per heavy atom. The second-order valence-corrected chi connectivity index (χ2v) is 6.58. The van der Waals surface area contributed by atoms with Crippen LogP contribution in [0.5, 0.6) is 5.75 Å². The topological polar surface area (TPSA) is 21.3 Å². The maximum absolute atomic E-state index is 5.77. The Bertz CT molecular complexity index is 421. The summed E-state index contributed by atoms with van der Waals surface area (Å²) in [5.41, 5.74) is 1.31. The summed E-state index contributed by atoms with van der Waals surface area (Å²) in [7, 11) is 0. The minimum atomic E-state index is 0.435. The van der Waals surface area contributed by atoms with Crippen LogP contribution < -0.4 is 10.1 Å². The lowest BCUT2D eigenvalue weighted by Gasteiger charge is -2.31. The van der Waals surface area contributed by atoms with Crippen LogP contribution >= 0.6 is 15.9 Å². The zero-order chi connectivity index (χ0) is 14.4. The van der Waals surface area contributed by atoms with Gasteiger partial charge in [0.2, 0.25) is 0 Å². The van der Waals surface area contributed by atoms with Gasteiger partial charge in [-0.3, -0.25) is 0 Å². The van der Waals surface area contributed by atoms with Gasteiger partial charge in [-0.05, 0) is 31.0 Å². The van der Waals surface area contributed by atoms with E-state index in [1.807, 2.05) is 0 Å². The number of unbranched alkanes of at least 4 members (excludes halogenated alkanes) is 1. The molecule has 0 amide bonds. The van der Waals surface area contributed by atoms with Crippen molar-refractivity contribution < 1.29 is 4.74 Å². The Morgan fingerprint density at radius 2 is 2.15 bits per heavy atom. The molecule has 2 unspecified atom stereocenters. The molecule has 112 valence electrons. The van der Waals surface area contributed by atoms with Crippen molar-refractivity contribution in [2.45, 2.75) is 64.5 Å². The van der Waals surface area contributed by atoms with Crippen molar-refractivity contribution in [2.24, 2.45) is 0 Å². The Kier molecular flexibility index (Phi) is 6.37. The van der Waals surface area contributed by atoms with Crippen LogP contribution in [0.4, 0.5) is 0 Å². The molecular weight excluding hydrogens is 314 g/mol. The maximum atomic E-state index is 5.77. The van der Waals surface area contributed by atoms with E-state index in [9.17, 15) is 0 Å². The van der Waals surface area contributed by atoms with E-state index in [4.69, 9.17) is 4.74 Å². The predicted octanol–water partition coefficient (Wildman–Crippen LogP) is 5.22. The lowest BCUT2D eigenvalue weighted by molar-refractivity contribution is 0.238. The third kappa shape index (κ3) is 4.23. The molecule has 0 radical (unpaired) electrons. The molecule has 2 rings (SSSR count). The molecule has 0 aromatic heterocycles. The summed E-state index contributed by atoms with van der Waals surface area (Å²) in [6.45, 7) is 5.36. The average Bonchev–Trinajstić information content (AvgIpc) is 2.45.